The van der Waals surface area contributed by atoms with E-state index in [1.807, 2.05) is 34.0 Å². The number of nitrogens with zero attached hydrogens (tertiary/aromatic N) is 4. The van der Waals surface area contributed by atoms with Crippen molar-refractivity contribution in [2.75, 3.05) is 26.7 Å². The van der Waals surface area contributed by atoms with Crippen molar-refractivity contribution >= 4 is 6.03 Å². The number of aromatic nitrogens is 3. The quantitative estimate of drug-likeness (QED) is 0.824. The highest BCUT2D eigenvalue weighted by atomic mass is 16.5. The predicted molar refractivity (Wildman–Crippen MR) is 98.6 cm³/mol. The van der Waals surface area contributed by atoms with Crippen LogP contribution in [0.5, 0.6) is 0 Å². The second kappa shape index (κ2) is 9.33. The number of hydrogen-bond acceptors (Lipinski definition) is 4. The van der Waals surface area contributed by atoms with Crippen LogP contribution in [-0.2, 0) is 24.3 Å². The van der Waals surface area contributed by atoms with Crippen LogP contribution in [0.25, 0.3) is 0 Å². The van der Waals surface area contributed by atoms with Gasteiger partial charge in [-0.05, 0) is 30.7 Å². The third kappa shape index (κ3) is 5.29. The summed E-state index contributed by atoms with van der Waals surface area (Å²) >= 11 is 0. The molecular weight excluding hydrogens is 330 g/mol. The van der Waals surface area contributed by atoms with Gasteiger partial charge in [0.2, 0.25) is 0 Å². The topological polar surface area (TPSA) is 72.3 Å². The number of methoxy groups -OCH3 is 1. The molecule has 3 rings (SSSR count). The first-order valence-electron chi connectivity index (χ1n) is 9.19. The van der Waals surface area contributed by atoms with Crippen LogP contribution < -0.4 is 5.32 Å². The molecule has 2 aromatic rings. The van der Waals surface area contributed by atoms with Gasteiger partial charge in [-0.2, -0.15) is 0 Å². The summed E-state index contributed by atoms with van der Waals surface area (Å²) in [5.74, 6) is 0.528. The average Bonchev–Trinajstić information content (AvgIpc) is 3.10. The van der Waals surface area contributed by atoms with Crippen LogP contribution in [0.15, 0.2) is 36.5 Å². The number of nitrogens with one attached hydrogen (secondary N) is 1. The maximum Gasteiger partial charge on any atom is 0.317 e. The fourth-order valence-corrected chi connectivity index (χ4v) is 3.30. The van der Waals surface area contributed by atoms with Crippen LogP contribution >= 0.6 is 0 Å². The molecular formula is C19H27N5O2. The Labute approximate surface area is 154 Å². The third-order valence-electron chi connectivity index (χ3n) is 4.76. The first-order chi connectivity index (χ1) is 12.7. The first kappa shape index (κ1) is 18.4. The molecule has 2 heterocycles. The van der Waals surface area contributed by atoms with Gasteiger partial charge in [0.05, 0.1) is 12.8 Å². The van der Waals surface area contributed by atoms with Gasteiger partial charge in [-0.25, -0.2) is 4.79 Å². The lowest BCUT2D eigenvalue weighted by molar-refractivity contribution is 0.164. The predicted octanol–water partition coefficient (Wildman–Crippen LogP) is 2.09. The lowest BCUT2D eigenvalue weighted by atomic mass is 9.97. The number of urea groups is 1. The Morgan fingerprint density at radius 2 is 2.04 bits per heavy atom. The van der Waals surface area contributed by atoms with E-state index in [2.05, 4.69) is 27.8 Å². The third-order valence-corrected chi connectivity index (χ3v) is 4.76. The summed E-state index contributed by atoms with van der Waals surface area (Å²) < 4.78 is 6.95. The second-order valence-electron chi connectivity index (χ2n) is 6.76. The highest BCUT2D eigenvalue weighted by Crippen LogP contribution is 2.19. The van der Waals surface area contributed by atoms with E-state index in [-0.39, 0.29) is 6.03 Å². The summed E-state index contributed by atoms with van der Waals surface area (Å²) in [6, 6.07) is 10.3. The minimum atomic E-state index is 0.0440. The summed E-state index contributed by atoms with van der Waals surface area (Å²) in [5, 5.41) is 11.3. The van der Waals surface area contributed by atoms with Gasteiger partial charge in [0.15, 0.2) is 0 Å². The smallest absolute Gasteiger partial charge is 0.317 e. The van der Waals surface area contributed by atoms with Crippen LogP contribution in [-0.4, -0.2) is 52.7 Å². The second-order valence-corrected chi connectivity index (χ2v) is 6.76. The molecule has 1 aromatic heterocycles. The molecule has 1 aliphatic rings. The van der Waals surface area contributed by atoms with Crippen molar-refractivity contribution in [2.45, 2.75) is 32.4 Å². The fourth-order valence-electron chi connectivity index (χ4n) is 3.30. The molecule has 7 nitrogen and oxygen atoms in total. The first-order valence-corrected chi connectivity index (χ1v) is 9.19. The zero-order valence-corrected chi connectivity index (χ0v) is 15.3. The Bertz CT molecular complexity index is 680. The van der Waals surface area contributed by atoms with Gasteiger partial charge in [0, 0.05) is 33.3 Å². The molecule has 2 amide bonds. The van der Waals surface area contributed by atoms with Crippen LogP contribution in [0.1, 0.15) is 24.1 Å². The van der Waals surface area contributed by atoms with E-state index < -0.39 is 0 Å². The Morgan fingerprint density at radius 3 is 2.77 bits per heavy atom. The van der Waals surface area contributed by atoms with Gasteiger partial charge >= 0.3 is 6.03 Å². The highest BCUT2D eigenvalue weighted by Gasteiger charge is 2.23. The van der Waals surface area contributed by atoms with Crippen molar-refractivity contribution in [1.82, 2.24) is 25.2 Å². The number of carbonyl (C=O) groups excluding carboxylic acids is 1. The molecule has 0 spiro atoms. The van der Waals surface area contributed by atoms with Crippen molar-refractivity contribution < 1.29 is 9.53 Å². The lowest BCUT2D eigenvalue weighted by Gasteiger charge is -2.31. The molecule has 140 valence electrons. The molecule has 26 heavy (non-hydrogen) atoms. The summed E-state index contributed by atoms with van der Waals surface area (Å²) in [6.07, 6.45) is 4.78. The van der Waals surface area contributed by atoms with Crippen molar-refractivity contribution in [3.8, 4) is 0 Å². The number of rotatable bonds is 7. The van der Waals surface area contributed by atoms with Crippen LogP contribution in [0.2, 0.25) is 0 Å². The highest BCUT2D eigenvalue weighted by molar-refractivity contribution is 5.74. The van der Waals surface area contributed by atoms with E-state index in [9.17, 15) is 4.79 Å². The molecule has 1 fully saturated rings. The molecule has 1 aliphatic heterocycles. The normalized spacial score (nSPS) is 15.2. The van der Waals surface area contributed by atoms with Crippen molar-refractivity contribution in [3.05, 3.63) is 47.8 Å². The van der Waals surface area contributed by atoms with E-state index >= 15 is 0 Å². The standard InChI is InChI=1S/C19H27N5O2/c1-26-15-18-14-24(22-21-18)13-17-8-11-23(12-9-17)19(25)20-10-7-16-5-3-2-4-6-16/h2-6,14,17H,7-13,15H2,1H3,(H,20,25). The fraction of sp³-hybridized carbons (Fsp3) is 0.526. The van der Waals surface area contributed by atoms with E-state index in [0.717, 1.165) is 44.6 Å². The maximum absolute atomic E-state index is 12.3. The molecule has 0 aliphatic carbocycles. The van der Waals surface area contributed by atoms with Crippen LogP contribution in [0.4, 0.5) is 4.79 Å². The minimum Gasteiger partial charge on any atom is -0.378 e. The van der Waals surface area contributed by atoms with E-state index in [1.165, 1.54) is 5.56 Å². The molecule has 7 heteroatoms. The number of amides is 2. The number of likely N-dealkylation sites (tertiary alicyclic amines) is 1. The molecule has 0 radical (unpaired) electrons. The Morgan fingerprint density at radius 1 is 1.27 bits per heavy atom. The van der Waals surface area contributed by atoms with E-state index in [1.54, 1.807) is 7.11 Å². The summed E-state index contributed by atoms with van der Waals surface area (Å²) in [5.41, 5.74) is 2.09. The molecule has 1 saturated heterocycles. The molecule has 1 aromatic carbocycles. The van der Waals surface area contributed by atoms with Crippen LogP contribution in [0, 0.1) is 5.92 Å². The Kier molecular flexibility index (Phi) is 6.60. The number of benzene rings is 1. The van der Waals surface area contributed by atoms with E-state index in [4.69, 9.17) is 4.74 Å². The molecule has 0 unspecified atom stereocenters. The van der Waals surface area contributed by atoms with Crippen LogP contribution in [0.3, 0.4) is 0 Å². The number of carbonyl (C=O) groups is 1. The molecule has 1 N–H and O–H groups in total. The zero-order chi connectivity index (χ0) is 18.2. The Balaban J connectivity index is 1.36. The summed E-state index contributed by atoms with van der Waals surface area (Å²) in [6.45, 7) is 3.59. The van der Waals surface area contributed by atoms with Crippen molar-refractivity contribution in [3.63, 3.8) is 0 Å². The zero-order valence-electron chi connectivity index (χ0n) is 15.3. The number of ether oxygens (including phenoxy) is 1. The van der Waals surface area contributed by atoms with Gasteiger partial charge in [0.1, 0.15) is 5.69 Å². The Hall–Kier alpha value is -2.41. The van der Waals surface area contributed by atoms with Crippen molar-refractivity contribution in [1.29, 1.82) is 0 Å². The molecule has 0 bridgehead atoms. The lowest BCUT2D eigenvalue weighted by Crippen LogP contribution is -2.45. The summed E-state index contributed by atoms with van der Waals surface area (Å²) in [7, 11) is 1.65. The molecule has 0 saturated carbocycles. The van der Waals surface area contributed by atoms with Gasteiger partial charge in [-0.1, -0.05) is 35.5 Å². The summed E-state index contributed by atoms with van der Waals surface area (Å²) in [4.78, 5) is 14.2. The van der Waals surface area contributed by atoms with Gasteiger partial charge in [-0.3, -0.25) is 4.68 Å². The van der Waals surface area contributed by atoms with E-state index in [0.29, 0.717) is 19.1 Å². The number of hydrogen-bond donors (Lipinski definition) is 1. The largest absolute Gasteiger partial charge is 0.378 e. The SMILES string of the molecule is COCc1cn(CC2CCN(C(=O)NCCc3ccccc3)CC2)nn1. The van der Waals surface area contributed by atoms with Gasteiger partial charge in [-0.15, -0.1) is 5.10 Å². The van der Waals surface area contributed by atoms with Crippen molar-refractivity contribution in [2.24, 2.45) is 5.92 Å². The monoisotopic (exact) mass is 357 g/mol. The molecule has 0 atom stereocenters. The van der Waals surface area contributed by atoms with Gasteiger partial charge < -0.3 is 15.0 Å². The van der Waals surface area contributed by atoms with Gasteiger partial charge in [0.25, 0.3) is 0 Å². The number of piperidine rings is 1. The minimum absolute atomic E-state index is 0.0440. The average molecular weight is 357 g/mol. The maximum atomic E-state index is 12.3.